The van der Waals surface area contributed by atoms with Crippen molar-refractivity contribution in [3.05, 3.63) is 59.8 Å². The lowest BCUT2D eigenvalue weighted by Crippen LogP contribution is -2.33. The van der Waals surface area contributed by atoms with E-state index < -0.39 is 22.1 Å². The summed E-state index contributed by atoms with van der Waals surface area (Å²) in [6.07, 6.45) is 0.432. The third kappa shape index (κ3) is 5.88. The number of sulfonamides is 1. The number of rotatable bonds is 6. The standard InChI is InChI=1S/C16H16N2O6S/c1-23-16(20)24-14-8-7-13(11-17-14)15(19)18-25(21,22)10-9-12-5-3-2-4-6-12/h2-8,11H,9-10H2,1H3,(H,18,19). The Hall–Kier alpha value is -2.94. The van der Waals surface area contributed by atoms with Gasteiger partial charge in [-0.2, -0.15) is 0 Å². The smallest absolute Gasteiger partial charge is 0.437 e. The Morgan fingerprint density at radius 3 is 2.44 bits per heavy atom. The Morgan fingerprint density at radius 2 is 1.84 bits per heavy atom. The van der Waals surface area contributed by atoms with Crippen LogP contribution in [0.25, 0.3) is 0 Å². The van der Waals surface area contributed by atoms with Crippen LogP contribution in [-0.2, 0) is 21.2 Å². The lowest BCUT2D eigenvalue weighted by atomic mass is 10.2. The van der Waals surface area contributed by atoms with Crippen LogP contribution >= 0.6 is 0 Å². The molecule has 0 spiro atoms. The number of aromatic nitrogens is 1. The first-order chi connectivity index (χ1) is 11.9. The van der Waals surface area contributed by atoms with Gasteiger partial charge in [-0.15, -0.1) is 0 Å². The van der Waals surface area contributed by atoms with Gasteiger partial charge in [0.25, 0.3) is 5.91 Å². The number of methoxy groups -OCH3 is 1. The number of benzene rings is 1. The fourth-order valence-electron chi connectivity index (χ4n) is 1.85. The Kier molecular flexibility index (Phi) is 6.07. The van der Waals surface area contributed by atoms with Gasteiger partial charge < -0.3 is 9.47 Å². The monoisotopic (exact) mass is 364 g/mol. The van der Waals surface area contributed by atoms with Crippen LogP contribution in [-0.4, -0.2) is 38.3 Å². The van der Waals surface area contributed by atoms with Crippen LogP contribution < -0.4 is 9.46 Å². The topological polar surface area (TPSA) is 112 Å². The van der Waals surface area contributed by atoms with Crippen LogP contribution in [0.1, 0.15) is 15.9 Å². The minimum Gasteiger partial charge on any atom is -0.437 e. The van der Waals surface area contributed by atoms with Crippen molar-refractivity contribution in [2.75, 3.05) is 12.9 Å². The molecule has 0 saturated heterocycles. The van der Waals surface area contributed by atoms with Gasteiger partial charge in [0.2, 0.25) is 15.9 Å². The van der Waals surface area contributed by atoms with E-state index >= 15 is 0 Å². The predicted octanol–water partition coefficient (Wildman–Crippen LogP) is 1.53. The summed E-state index contributed by atoms with van der Waals surface area (Å²) in [5, 5.41) is 0. The summed E-state index contributed by atoms with van der Waals surface area (Å²) in [6, 6.07) is 11.6. The lowest BCUT2D eigenvalue weighted by Gasteiger charge is -2.07. The first-order valence-corrected chi connectivity index (χ1v) is 8.85. The van der Waals surface area contributed by atoms with Crippen molar-refractivity contribution in [2.45, 2.75) is 6.42 Å². The average Bonchev–Trinajstić information content (AvgIpc) is 2.61. The molecule has 0 radical (unpaired) electrons. The zero-order valence-electron chi connectivity index (χ0n) is 13.3. The van der Waals surface area contributed by atoms with E-state index in [9.17, 15) is 18.0 Å². The van der Waals surface area contributed by atoms with Crippen LogP contribution in [0.15, 0.2) is 48.7 Å². The van der Waals surface area contributed by atoms with Gasteiger partial charge in [-0.05, 0) is 18.1 Å². The fraction of sp³-hybridized carbons (Fsp3) is 0.188. The second-order valence-electron chi connectivity index (χ2n) is 4.93. The summed E-state index contributed by atoms with van der Waals surface area (Å²) < 4.78 is 34.9. The van der Waals surface area contributed by atoms with Crippen molar-refractivity contribution in [3.8, 4) is 5.88 Å². The molecule has 1 aromatic heterocycles. The summed E-state index contributed by atoms with van der Waals surface area (Å²) in [5.74, 6) is -1.11. The third-order valence-electron chi connectivity index (χ3n) is 3.10. The van der Waals surface area contributed by atoms with Gasteiger partial charge in [0, 0.05) is 12.3 Å². The van der Waals surface area contributed by atoms with E-state index in [1.165, 1.54) is 12.1 Å². The van der Waals surface area contributed by atoms with E-state index in [-0.39, 0.29) is 23.6 Å². The molecule has 0 aliphatic heterocycles. The van der Waals surface area contributed by atoms with Gasteiger partial charge in [-0.3, -0.25) is 4.79 Å². The van der Waals surface area contributed by atoms with Crippen molar-refractivity contribution in [1.82, 2.24) is 9.71 Å². The van der Waals surface area contributed by atoms with E-state index in [1.54, 1.807) is 12.1 Å². The average molecular weight is 364 g/mol. The number of nitrogens with zero attached hydrogens (tertiary/aromatic N) is 1. The number of aryl methyl sites for hydroxylation is 1. The maximum absolute atomic E-state index is 12.0. The Bertz CT molecular complexity index is 835. The molecule has 0 fully saturated rings. The van der Waals surface area contributed by atoms with Gasteiger partial charge in [0.1, 0.15) is 0 Å². The molecular weight excluding hydrogens is 348 g/mol. The Morgan fingerprint density at radius 1 is 1.12 bits per heavy atom. The molecule has 0 saturated carbocycles. The molecule has 0 aliphatic carbocycles. The number of carbonyl (C=O) groups excluding carboxylic acids is 2. The van der Waals surface area contributed by atoms with Crippen LogP contribution in [0.5, 0.6) is 5.88 Å². The van der Waals surface area contributed by atoms with E-state index in [0.29, 0.717) is 0 Å². The third-order valence-corrected chi connectivity index (χ3v) is 4.34. The highest BCUT2D eigenvalue weighted by atomic mass is 32.2. The fourth-order valence-corrected chi connectivity index (χ4v) is 2.86. The number of nitrogens with one attached hydrogen (secondary N) is 1. The Labute approximate surface area is 144 Å². The Balaban J connectivity index is 1.94. The highest BCUT2D eigenvalue weighted by molar-refractivity contribution is 7.90. The molecule has 0 unspecified atom stereocenters. The number of hydrogen-bond donors (Lipinski definition) is 1. The van der Waals surface area contributed by atoms with Gasteiger partial charge in [-0.1, -0.05) is 30.3 Å². The van der Waals surface area contributed by atoms with Gasteiger partial charge >= 0.3 is 6.16 Å². The molecule has 1 heterocycles. The molecule has 25 heavy (non-hydrogen) atoms. The normalized spacial score (nSPS) is 10.8. The van der Waals surface area contributed by atoms with E-state index in [0.717, 1.165) is 18.9 Å². The van der Waals surface area contributed by atoms with Crippen molar-refractivity contribution in [3.63, 3.8) is 0 Å². The van der Waals surface area contributed by atoms with Crippen LogP contribution in [0.2, 0.25) is 0 Å². The number of hydrogen-bond acceptors (Lipinski definition) is 7. The summed E-state index contributed by atoms with van der Waals surface area (Å²) in [5.41, 5.74) is 0.867. The van der Waals surface area contributed by atoms with Gasteiger partial charge in [-0.25, -0.2) is 22.9 Å². The molecule has 1 aromatic carbocycles. The van der Waals surface area contributed by atoms with Crippen molar-refractivity contribution in [2.24, 2.45) is 0 Å². The van der Waals surface area contributed by atoms with Gasteiger partial charge in [0.05, 0.1) is 18.4 Å². The lowest BCUT2D eigenvalue weighted by molar-refractivity contribution is 0.0981. The molecule has 8 nitrogen and oxygen atoms in total. The summed E-state index contributed by atoms with van der Waals surface area (Å²) >= 11 is 0. The summed E-state index contributed by atoms with van der Waals surface area (Å²) in [7, 11) is -2.65. The minimum atomic E-state index is -3.79. The molecule has 2 aromatic rings. The number of pyridine rings is 1. The number of amides is 1. The molecular formula is C16H16N2O6S. The van der Waals surface area contributed by atoms with Crippen LogP contribution in [0.4, 0.5) is 4.79 Å². The molecule has 132 valence electrons. The zero-order chi connectivity index (χ0) is 18.3. The maximum atomic E-state index is 12.0. The highest BCUT2D eigenvalue weighted by Gasteiger charge is 2.17. The largest absolute Gasteiger partial charge is 0.514 e. The second kappa shape index (κ2) is 8.25. The predicted molar refractivity (Wildman–Crippen MR) is 88.7 cm³/mol. The first kappa shape index (κ1) is 18.4. The maximum Gasteiger partial charge on any atom is 0.514 e. The summed E-state index contributed by atoms with van der Waals surface area (Å²) in [6.45, 7) is 0. The molecule has 1 amide bonds. The first-order valence-electron chi connectivity index (χ1n) is 7.20. The number of carbonyl (C=O) groups is 2. The quantitative estimate of drug-likeness (QED) is 0.774. The van der Waals surface area contributed by atoms with E-state index in [4.69, 9.17) is 0 Å². The van der Waals surface area contributed by atoms with Crippen LogP contribution in [0.3, 0.4) is 0 Å². The second-order valence-corrected chi connectivity index (χ2v) is 6.77. The molecule has 0 atom stereocenters. The summed E-state index contributed by atoms with van der Waals surface area (Å²) in [4.78, 5) is 26.7. The van der Waals surface area contributed by atoms with Crippen molar-refractivity contribution in [1.29, 1.82) is 0 Å². The minimum absolute atomic E-state index is 0.0144. The SMILES string of the molecule is COC(=O)Oc1ccc(C(=O)NS(=O)(=O)CCc2ccccc2)cn1. The van der Waals surface area contributed by atoms with Crippen molar-refractivity contribution < 1.29 is 27.5 Å². The molecule has 9 heteroatoms. The number of ether oxygens (including phenoxy) is 2. The molecule has 0 aliphatic rings. The molecule has 1 N–H and O–H groups in total. The highest BCUT2D eigenvalue weighted by Crippen LogP contribution is 2.09. The van der Waals surface area contributed by atoms with Gasteiger partial charge in [0.15, 0.2) is 0 Å². The molecule has 0 bridgehead atoms. The van der Waals surface area contributed by atoms with Crippen LogP contribution in [0, 0.1) is 0 Å². The zero-order valence-corrected chi connectivity index (χ0v) is 14.2. The molecule has 2 rings (SSSR count). The van der Waals surface area contributed by atoms with Crippen molar-refractivity contribution >= 4 is 22.1 Å². The van der Waals surface area contributed by atoms with E-state index in [1.807, 2.05) is 22.9 Å². The van der Waals surface area contributed by atoms with E-state index in [2.05, 4.69) is 14.5 Å².